The van der Waals surface area contributed by atoms with E-state index in [-0.39, 0.29) is 5.78 Å². The standard InChI is InChI=1S/C30H28N4O2/c1-36-25-14-12-24(13-15-25)34-20-32-27-18-31-28(30(35)29(27)34)22-10-8-21(9-11-22)26-7-3-2-6-23(26)19-33-16-4-5-17-33/h2-3,6-15,18,20,28H,4-5,16-17,19H2,1H3. The van der Waals surface area contributed by atoms with Gasteiger partial charge in [0, 0.05) is 12.2 Å². The number of ether oxygens (including phenoxy) is 1. The Morgan fingerprint density at radius 2 is 1.69 bits per heavy atom. The van der Waals surface area contributed by atoms with Crippen LogP contribution in [0.15, 0.2) is 84.1 Å². The second-order valence-electron chi connectivity index (χ2n) is 9.35. The van der Waals surface area contributed by atoms with Crippen LogP contribution in [-0.4, -0.2) is 46.6 Å². The van der Waals surface area contributed by atoms with Crippen molar-refractivity contribution in [1.29, 1.82) is 0 Å². The summed E-state index contributed by atoms with van der Waals surface area (Å²) >= 11 is 0. The summed E-state index contributed by atoms with van der Waals surface area (Å²) in [5, 5.41) is 0. The van der Waals surface area contributed by atoms with Crippen molar-refractivity contribution < 1.29 is 9.53 Å². The number of Topliss-reactive ketones (excluding diaryl/α,β-unsaturated/α-hetero) is 1. The summed E-state index contributed by atoms with van der Waals surface area (Å²) in [4.78, 5) is 25.1. The molecule has 1 atom stereocenters. The van der Waals surface area contributed by atoms with E-state index in [1.54, 1.807) is 19.7 Å². The number of ketones is 1. The minimum atomic E-state index is -0.583. The van der Waals surface area contributed by atoms with Crippen LogP contribution >= 0.6 is 0 Å². The molecule has 1 aromatic heterocycles. The molecular formula is C30H28N4O2. The fourth-order valence-corrected chi connectivity index (χ4v) is 5.19. The molecule has 0 aliphatic carbocycles. The number of likely N-dealkylation sites (tertiary alicyclic amines) is 1. The number of imidazole rings is 1. The maximum absolute atomic E-state index is 13.6. The largest absolute Gasteiger partial charge is 0.497 e. The lowest BCUT2D eigenvalue weighted by molar-refractivity contribution is 0.0953. The Morgan fingerprint density at radius 3 is 2.44 bits per heavy atom. The van der Waals surface area contributed by atoms with Gasteiger partial charge in [-0.15, -0.1) is 0 Å². The van der Waals surface area contributed by atoms with Crippen molar-refractivity contribution in [3.05, 3.63) is 102 Å². The fraction of sp³-hybridized carbons (Fsp3) is 0.233. The predicted molar refractivity (Wildman–Crippen MR) is 141 cm³/mol. The summed E-state index contributed by atoms with van der Waals surface area (Å²) in [5.74, 6) is 0.712. The second kappa shape index (κ2) is 9.55. The number of hydrogen-bond acceptors (Lipinski definition) is 5. The molecule has 0 bridgehead atoms. The molecule has 4 aromatic rings. The molecule has 3 aromatic carbocycles. The quantitative estimate of drug-likeness (QED) is 0.369. The lowest BCUT2D eigenvalue weighted by Gasteiger charge is -2.19. The van der Waals surface area contributed by atoms with E-state index in [2.05, 4.69) is 51.3 Å². The van der Waals surface area contributed by atoms with Gasteiger partial charge < -0.3 is 4.74 Å². The highest BCUT2D eigenvalue weighted by Gasteiger charge is 2.31. The first kappa shape index (κ1) is 22.4. The Labute approximate surface area is 210 Å². The topological polar surface area (TPSA) is 59.7 Å². The summed E-state index contributed by atoms with van der Waals surface area (Å²) in [5.41, 5.74) is 6.63. The maximum atomic E-state index is 13.6. The highest BCUT2D eigenvalue weighted by molar-refractivity contribution is 6.08. The van der Waals surface area contributed by atoms with Gasteiger partial charge in [-0.1, -0.05) is 48.5 Å². The van der Waals surface area contributed by atoms with Gasteiger partial charge >= 0.3 is 0 Å². The van der Waals surface area contributed by atoms with E-state index < -0.39 is 6.04 Å². The molecule has 180 valence electrons. The zero-order valence-electron chi connectivity index (χ0n) is 20.3. The van der Waals surface area contributed by atoms with Gasteiger partial charge in [0.25, 0.3) is 0 Å². The zero-order valence-corrected chi connectivity index (χ0v) is 20.3. The number of benzene rings is 3. The summed E-state index contributed by atoms with van der Waals surface area (Å²) in [6, 6.07) is 23.9. The summed E-state index contributed by atoms with van der Waals surface area (Å²) in [6.45, 7) is 3.32. The SMILES string of the molecule is COc1ccc(-n2cnc3c2C(=O)C(c2ccc(-c4ccccc4CN4CCCC4)cc2)N=C3)cc1. The molecule has 0 spiro atoms. The van der Waals surface area contributed by atoms with Crippen molar-refractivity contribution in [1.82, 2.24) is 14.5 Å². The monoisotopic (exact) mass is 476 g/mol. The number of carbonyl (C=O) groups is 1. The minimum Gasteiger partial charge on any atom is -0.497 e. The van der Waals surface area contributed by atoms with E-state index in [9.17, 15) is 4.79 Å². The molecule has 2 aliphatic rings. The number of fused-ring (bicyclic) bond motifs is 1. The van der Waals surface area contributed by atoms with E-state index in [0.717, 1.165) is 29.1 Å². The zero-order chi connectivity index (χ0) is 24.5. The van der Waals surface area contributed by atoms with Gasteiger partial charge in [-0.2, -0.15) is 0 Å². The number of aliphatic imine (C=N–C) groups is 1. The van der Waals surface area contributed by atoms with E-state index in [1.165, 1.54) is 37.1 Å². The number of aromatic nitrogens is 2. The molecule has 1 fully saturated rings. The van der Waals surface area contributed by atoms with Crippen LogP contribution in [0.2, 0.25) is 0 Å². The Bertz CT molecular complexity index is 1410. The highest BCUT2D eigenvalue weighted by Crippen LogP contribution is 2.32. The average molecular weight is 477 g/mol. The van der Waals surface area contributed by atoms with Crippen LogP contribution in [0, 0.1) is 0 Å². The van der Waals surface area contributed by atoms with Crippen LogP contribution in [0.4, 0.5) is 0 Å². The van der Waals surface area contributed by atoms with Crippen molar-refractivity contribution in [2.75, 3.05) is 20.2 Å². The molecule has 6 rings (SSSR count). The van der Waals surface area contributed by atoms with Crippen molar-refractivity contribution >= 4 is 12.0 Å². The third kappa shape index (κ3) is 4.14. The molecule has 0 amide bonds. The Morgan fingerprint density at radius 1 is 0.944 bits per heavy atom. The van der Waals surface area contributed by atoms with Gasteiger partial charge in [0.15, 0.2) is 0 Å². The van der Waals surface area contributed by atoms with Crippen LogP contribution in [-0.2, 0) is 6.54 Å². The summed E-state index contributed by atoms with van der Waals surface area (Å²) < 4.78 is 7.09. The molecule has 6 heteroatoms. The van der Waals surface area contributed by atoms with Gasteiger partial charge in [0.2, 0.25) is 5.78 Å². The van der Waals surface area contributed by atoms with Crippen LogP contribution in [0.1, 0.15) is 46.2 Å². The van der Waals surface area contributed by atoms with Crippen LogP contribution < -0.4 is 4.74 Å². The van der Waals surface area contributed by atoms with Crippen LogP contribution in [0.5, 0.6) is 5.75 Å². The molecule has 1 saturated heterocycles. The number of rotatable bonds is 6. The van der Waals surface area contributed by atoms with Gasteiger partial charge in [0.05, 0.1) is 13.3 Å². The molecule has 3 heterocycles. The molecule has 0 radical (unpaired) electrons. The molecule has 6 nitrogen and oxygen atoms in total. The highest BCUT2D eigenvalue weighted by atomic mass is 16.5. The lowest BCUT2D eigenvalue weighted by atomic mass is 9.94. The van der Waals surface area contributed by atoms with Gasteiger partial charge in [-0.05, 0) is 72.5 Å². The smallest absolute Gasteiger partial charge is 0.210 e. The van der Waals surface area contributed by atoms with Gasteiger partial charge in [-0.3, -0.25) is 19.3 Å². The normalized spacial score (nSPS) is 17.4. The number of hydrogen-bond donors (Lipinski definition) is 0. The van der Waals surface area contributed by atoms with Crippen LogP contribution in [0.25, 0.3) is 16.8 Å². The average Bonchev–Trinajstić information content (AvgIpc) is 3.60. The molecule has 1 unspecified atom stereocenters. The number of nitrogens with zero attached hydrogens (tertiary/aromatic N) is 4. The first-order chi connectivity index (χ1) is 17.7. The number of methoxy groups -OCH3 is 1. The van der Waals surface area contributed by atoms with Crippen molar-refractivity contribution in [2.45, 2.75) is 25.4 Å². The molecule has 0 saturated carbocycles. The first-order valence-corrected chi connectivity index (χ1v) is 12.4. The fourth-order valence-electron chi connectivity index (χ4n) is 5.19. The molecule has 2 aliphatic heterocycles. The second-order valence-corrected chi connectivity index (χ2v) is 9.35. The maximum Gasteiger partial charge on any atom is 0.210 e. The summed E-state index contributed by atoms with van der Waals surface area (Å²) in [6.07, 6.45) is 5.96. The first-order valence-electron chi connectivity index (χ1n) is 12.4. The Balaban J connectivity index is 1.27. The molecule has 0 N–H and O–H groups in total. The predicted octanol–water partition coefficient (Wildman–Crippen LogP) is 5.50. The third-order valence-corrected chi connectivity index (χ3v) is 7.12. The van der Waals surface area contributed by atoms with Gasteiger partial charge in [-0.25, -0.2) is 4.98 Å². The van der Waals surface area contributed by atoms with Gasteiger partial charge in [0.1, 0.15) is 29.5 Å². The number of carbonyl (C=O) groups excluding carboxylic acids is 1. The summed E-state index contributed by atoms with van der Waals surface area (Å²) in [7, 11) is 1.64. The lowest BCUT2D eigenvalue weighted by Crippen LogP contribution is -2.20. The van der Waals surface area contributed by atoms with Crippen molar-refractivity contribution in [2.24, 2.45) is 4.99 Å². The third-order valence-electron chi connectivity index (χ3n) is 7.12. The van der Waals surface area contributed by atoms with Crippen molar-refractivity contribution in [3.63, 3.8) is 0 Å². The Hall–Kier alpha value is -4.03. The van der Waals surface area contributed by atoms with E-state index in [1.807, 2.05) is 41.0 Å². The van der Waals surface area contributed by atoms with Crippen LogP contribution in [0.3, 0.4) is 0 Å². The van der Waals surface area contributed by atoms with E-state index in [4.69, 9.17) is 4.74 Å². The molecule has 36 heavy (non-hydrogen) atoms. The minimum absolute atomic E-state index is 0.0528. The Kier molecular flexibility index (Phi) is 5.95. The van der Waals surface area contributed by atoms with Crippen molar-refractivity contribution in [3.8, 4) is 22.6 Å². The molecular weight excluding hydrogens is 448 g/mol. The van der Waals surface area contributed by atoms with E-state index >= 15 is 0 Å². The van der Waals surface area contributed by atoms with E-state index in [0.29, 0.717) is 11.4 Å².